The number of carbonyl (C=O) groups excluding carboxylic acids is 1. The van der Waals surface area contributed by atoms with Crippen LogP contribution in [0.15, 0.2) is 35.8 Å². The van der Waals surface area contributed by atoms with Crippen LogP contribution in [0.3, 0.4) is 0 Å². The van der Waals surface area contributed by atoms with E-state index >= 15 is 0 Å². The first-order valence-electron chi connectivity index (χ1n) is 4.71. The Balaban J connectivity index is 2.52. The molecule has 0 aliphatic heterocycles. The summed E-state index contributed by atoms with van der Waals surface area (Å²) in [5.41, 5.74) is 1.69. The lowest BCUT2D eigenvalue weighted by atomic mass is 9.93. The molecule has 1 aromatic carbocycles. The number of methoxy groups -OCH3 is 2. The quantitative estimate of drug-likeness (QED) is 0.738. The molecule has 0 N–H and O–H groups in total. The molecule has 1 aromatic rings. The Morgan fingerprint density at radius 1 is 1.13 bits per heavy atom. The molecular weight excluding hydrogens is 192 g/mol. The van der Waals surface area contributed by atoms with Crippen molar-refractivity contribution >= 4 is 5.78 Å². The number of Topliss-reactive ketones (excluding diaryl/α,β-unsaturated/α-hetero) is 1. The van der Waals surface area contributed by atoms with Gasteiger partial charge in [-0.05, 0) is 5.56 Å². The lowest BCUT2D eigenvalue weighted by molar-refractivity contribution is 0.0916. The average Bonchev–Trinajstić information content (AvgIpc) is 2.29. The molecule has 78 valence electrons. The van der Waals surface area contributed by atoms with E-state index in [9.17, 15) is 4.79 Å². The number of ether oxygens (including phenoxy) is 2. The van der Waals surface area contributed by atoms with Crippen molar-refractivity contribution in [3.05, 3.63) is 46.9 Å². The number of rotatable bonds is 2. The second kappa shape index (κ2) is 3.77. The van der Waals surface area contributed by atoms with E-state index in [0.717, 1.165) is 5.56 Å². The van der Waals surface area contributed by atoms with E-state index in [2.05, 4.69) is 0 Å². The van der Waals surface area contributed by atoms with Crippen molar-refractivity contribution < 1.29 is 14.3 Å². The van der Waals surface area contributed by atoms with Crippen molar-refractivity contribution in [3.63, 3.8) is 0 Å². The molecule has 0 fully saturated rings. The lowest BCUT2D eigenvalue weighted by Crippen LogP contribution is -2.18. The number of hydrogen-bond acceptors (Lipinski definition) is 3. The summed E-state index contributed by atoms with van der Waals surface area (Å²) in [7, 11) is 3.04. The van der Waals surface area contributed by atoms with Crippen LogP contribution in [0.5, 0.6) is 0 Å². The maximum atomic E-state index is 12.0. The zero-order valence-corrected chi connectivity index (χ0v) is 8.74. The lowest BCUT2D eigenvalue weighted by Gasteiger charge is -2.19. The first-order chi connectivity index (χ1) is 7.27. The Hall–Kier alpha value is -1.77. The van der Waals surface area contributed by atoms with Crippen molar-refractivity contribution in [1.82, 2.24) is 0 Å². The first-order valence-corrected chi connectivity index (χ1v) is 4.71. The van der Waals surface area contributed by atoms with Gasteiger partial charge in [-0.25, -0.2) is 0 Å². The maximum absolute atomic E-state index is 12.0. The molecular formula is C12H12O3. The molecule has 0 radical (unpaired) electrons. The highest BCUT2D eigenvalue weighted by Crippen LogP contribution is 2.26. The van der Waals surface area contributed by atoms with E-state index in [4.69, 9.17) is 9.47 Å². The van der Waals surface area contributed by atoms with Crippen molar-refractivity contribution in [2.45, 2.75) is 6.42 Å². The smallest absolute Gasteiger partial charge is 0.231 e. The van der Waals surface area contributed by atoms with Crippen LogP contribution in [-0.4, -0.2) is 20.0 Å². The molecule has 3 heteroatoms. The minimum absolute atomic E-state index is 0.101. The van der Waals surface area contributed by atoms with Crippen LogP contribution in [0.4, 0.5) is 0 Å². The predicted octanol–water partition coefficient (Wildman–Crippen LogP) is 1.93. The van der Waals surface area contributed by atoms with Gasteiger partial charge in [0.1, 0.15) is 5.76 Å². The van der Waals surface area contributed by atoms with Crippen LogP contribution < -0.4 is 0 Å². The summed E-state index contributed by atoms with van der Waals surface area (Å²) >= 11 is 0. The van der Waals surface area contributed by atoms with Gasteiger partial charge in [0.25, 0.3) is 0 Å². The normalized spacial score (nSPS) is 14.9. The van der Waals surface area contributed by atoms with Crippen molar-refractivity contribution in [1.29, 1.82) is 0 Å². The standard InChI is InChI=1S/C12H12O3/c1-14-10-7-8-5-3-4-6-9(8)11(13)12(10)15-2/h3-6H,7H2,1-2H3. The van der Waals surface area contributed by atoms with Gasteiger partial charge in [0, 0.05) is 12.0 Å². The van der Waals surface area contributed by atoms with Gasteiger partial charge in [0.2, 0.25) is 11.5 Å². The van der Waals surface area contributed by atoms with Gasteiger partial charge in [0.15, 0.2) is 0 Å². The van der Waals surface area contributed by atoms with Crippen LogP contribution in [-0.2, 0) is 15.9 Å². The van der Waals surface area contributed by atoms with Crippen LogP contribution in [0.2, 0.25) is 0 Å². The van der Waals surface area contributed by atoms with Gasteiger partial charge < -0.3 is 9.47 Å². The highest BCUT2D eigenvalue weighted by Gasteiger charge is 2.27. The SMILES string of the molecule is COC1=C(OC)C(=O)c2ccccc2C1. The molecule has 1 aliphatic carbocycles. The molecule has 0 amide bonds. The monoisotopic (exact) mass is 204 g/mol. The molecule has 0 saturated heterocycles. The molecule has 3 nitrogen and oxygen atoms in total. The third-order valence-electron chi connectivity index (χ3n) is 2.52. The number of allylic oxidation sites excluding steroid dienone is 2. The number of ketones is 1. The number of benzene rings is 1. The Kier molecular flexibility index (Phi) is 2.46. The second-order valence-corrected chi connectivity index (χ2v) is 3.32. The van der Waals surface area contributed by atoms with Crippen molar-refractivity contribution in [2.75, 3.05) is 14.2 Å². The fourth-order valence-corrected chi connectivity index (χ4v) is 1.77. The van der Waals surface area contributed by atoms with Gasteiger partial charge in [-0.2, -0.15) is 0 Å². The van der Waals surface area contributed by atoms with Crippen LogP contribution in [0.1, 0.15) is 15.9 Å². The number of hydrogen-bond donors (Lipinski definition) is 0. The van der Waals surface area contributed by atoms with E-state index in [-0.39, 0.29) is 5.78 Å². The summed E-state index contributed by atoms with van der Waals surface area (Å²) in [4.78, 5) is 12.0. The molecule has 0 saturated carbocycles. The van der Waals surface area contributed by atoms with Crippen molar-refractivity contribution in [3.8, 4) is 0 Å². The molecule has 15 heavy (non-hydrogen) atoms. The zero-order chi connectivity index (χ0) is 10.8. The van der Waals surface area contributed by atoms with E-state index < -0.39 is 0 Å². The largest absolute Gasteiger partial charge is 0.497 e. The van der Waals surface area contributed by atoms with E-state index in [1.807, 2.05) is 24.3 Å². The van der Waals surface area contributed by atoms with Crippen LogP contribution in [0.25, 0.3) is 0 Å². The molecule has 0 spiro atoms. The first kappa shape index (κ1) is 9.77. The minimum Gasteiger partial charge on any atom is -0.497 e. The summed E-state index contributed by atoms with van der Waals surface area (Å²) in [6.45, 7) is 0. The van der Waals surface area contributed by atoms with Gasteiger partial charge >= 0.3 is 0 Å². The summed E-state index contributed by atoms with van der Waals surface area (Å²) in [5, 5.41) is 0. The molecule has 2 rings (SSSR count). The third-order valence-corrected chi connectivity index (χ3v) is 2.52. The number of fused-ring (bicyclic) bond motifs is 1. The Morgan fingerprint density at radius 2 is 1.87 bits per heavy atom. The summed E-state index contributed by atoms with van der Waals surface area (Å²) in [5.74, 6) is 0.814. The van der Waals surface area contributed by atoms with E-state index in [1.54, 1.807) is 7.11 Å². The second-order valence-electron chi connectivity index (χ2n) is 3.32. The molecule has 0 atom stereocenters. The molecule has 0 heterocycles. The zero-order valence-electron chi connectivity index (χ0n) is 8.74. The summed E-state index contributed by atoms with van der Waals surface area (Å²) in [6.07, 6.45) is 0.613. The fraction of sp³-hybridized carbons (Fsp3) is 0.250. The number of carbonyl (C=O) groups is 1. The summed E-state index contributed by atoms with van der Waals surface area (Å²) in [6, 6.07) is 7.50. The average molecular weight is 204 g/mol. The summed E-state index contributed by atoms with van der Waals surface area (Å²) < 4.78 is 10.2. The van der Waals surface area contributed by atoms with E-state index in [0.29, 0.717) is 23.5 Å². The Labute approximate surface area is 88.3 Å². The van der Waals surface area contributed by atoms with Gasteiger partial charge in [0.05, 0.1) is 14.2 Å². The van der Waals surface area contributed by atoms with E-state index in [1.165, 1.54) is 7.11 Å². The molecule has 0 aromatic heterocycles. The predicted molar refractivity (Wildman–Crippen MR) is 55.5 cm³/mol. The van der Waals surface area contributed by atoms with Gasteiger partial charge in [-0.3, -0.25) is 4.79 Å². The fourth-order valence-electron chi connectivity index (χ4n) is 1.77. The topological polar surface area (TPSA) is 35.5 Å². The minimum atomic E-state index is -0.101. The molecule has 0 unspecified atom stereocenters. The Morgan fingerprint density at radius 3 is 2.53 bits per heavy atom. The maximum Gasteiger partial charge on any atom is 0.231 e. The van der Waals surface area contributed by atoms with Crippen molar-refractivity contribution in [2.24, 2.45) is 0 Å². The Bertz CT molecular complexity index is 432. The van der Waals surface area contributed by atoms with Gasteiger partial charge in [-0.1, -0.05) is 24.3 Å². The highest BCUT2D eigenvalue weighted by molar-refractivity contribution is 6.09. The third kappa shape index (κ3) is 1.50. The molecule has 1 aliphatic rings. The van der Waals surface area contributed by atoms with Crippen LogP contribution in [0, 0.1) is 0 Å². The molecule has 0 bridgehead atoms. The van der Waals surface area contributed by atoms with Gasteiger partial charge in [-0.15, -0.1) is 0 Å². The van der Waals surface area contributed by atoms with Crippen LogP contribution >= 0.6 is 0 Å². The highest BCUT2D eigenvalue weighted by atomic mass is 16.5.